The van der Waals surface area contributed by atoms with E-state index in [9.17, 15) is 14.4 Å². The lowest BCUT2D eigenvalue weighted by Gasteiger charge is -2.18. The van der Waals surface area contributed by atoms with E-state index in [1.807, 2.05) is 0 Å². The fourth-order valence-corrected chi connectivity index (χ4v) is 11.4. The molecule has 0 spiro atoms. The molecule has 0 bridgehead atoms. The quantitative estimate of drug-likeness (QED) is 0.0261. The molecular weight excluding hydrogens is 997 g/mol. The number of allylic oxidation sites excluding steroid dienone is 4. The Hall–Kier alpha value is -2.11. The van der Waals surface area contributed by atoms with Crippen molar-refractivity contribution in [3.63, 3.8) is 0 Å². The SMILES string of the molecule is CCCCCC/C=C\C/C=C\CCCCCCCC(=O)OCC(COC(=O)CCCCCCCCCCCCCCCCCCCCCCCCCCCCC)OC(=O)CCCCCCCCCCCCCCCCCCCCCC. The number of carbonyl (C=O) groups excluding carboxylic acids is 3. The molecule has 0 aliphatic rings. The maximum absolute atomic E-state index is 13.0. The molecule has 0 aromatic heterocycles. The molecule has 0 radical (unpaired) electrons. The lowest BCUT2D eigenvalue weighted by atomic mass is 10.0. The van der Waals surface area contributed by atoms with E-state index in [2.05, 4.69) is 45.1 Å². The summed E-state index contributed by atoms with van der Waals surface area (Å²) < 4.78 is 17.0. The van der Waals surface area contributed by atoms with Gasteiger partial charge in [0, 0.05) is 19.3 Å². The van der Waals surface area contributed by atoms with Crippen LogP contribution in [0.5, 0.6) is 0 Å². The maximum atomic E-state index is 13.0. The monoisotopic (exact) mass is 1140 g/mol. The Labute approximate surface area is 506 Å². The van der Waals surface area contributed by atoms with Gasteiger partial charge in [-0.25, -0.2) is 0 Å². The molecule has 6 heteroatoms. The van der Waals surface area contributed by atoms with E-state index >= 15 is 0 Å². The average molecular weight is 1140 g/mol. The van der Waals surface area contributed by atoms with Crippen molar-refractivity contribution < 1.29 is 28.6 Å². The van der Waals surface area contributed by atoms with E-state index < -0.39 is 6.10 Å². The summed E-state index contributed by atoms with van der Waals surface area (Å²) in [7, 11) is 0. The topological polar surface area (TPSA) is 78.9 Å². The van der Waals surface area contributed by atoms with Crippen LogP contribution in [0.15, 0.2) is 24.3 Å². The highest BCUT2D eigenvalue weighted by Gasteiger charge is 2.20. The zero-order valence-corrected chi connectivity index (χ0v) is 55.1. The Bertz CT molecular complexity index is 1310. The largest absolute Gasteiger partial charge is 0.462 e. The zero-order chi connectivity index (χ0) is 58.5. The van der Waals surface area contributed by atoms with Crippen LogP contribution < -0.4 is 0 Å². The van der Waals surface area contributed by atoms with Gasteiger partial charge in [0.1, 0.15) is 13.2 Å². The molecule has 0 heterocycles. The second-order valence-corrected chi connectivity index (χ2v) is 25.2. The van der Waals surface area contributed by atoms with Gasteiger partial charge >= 0.3 is 17.9 Å². The van der Waals surface area contributed by atoms with Gasteiger partial charge in [0.2, 0.25) is 0 Å². The van der Waals surface area contributed by atoms with E-state index in [4.69, 9.17) is 14.2 Å². The second-order valence-electron chi connectivity index (χ2n) is 25.2. The summed E-state index contributed by atoms with van der Waals surface area (Å²) >= 11 is 0. The molecule has 478 valence electrons. The summed E-state index contributed by atoms with van der Waals surface area (Å²) in [5.41, 5.74) is 0. The van der Waals surface area contributed by atoms with Crippen molar-refractivity contribution in [3.8, 4) is 0 Å². The van der Waals surface area contributed by atoms with Crippen LogP contribution in [0.1, 0.15) is 419 Å². The van der Waals surface area contributed by atoms with Crippen LogP contribution >= 0.6 is 0 Å². The summed E-state index contributed by atoms with van der Waals surface area (Å²) in [6, 6.07) is 0. The summed E-state index contributed by atoms with van der Waals surface area (Å²) in [6.07, 6.45) is 86.5. The molecule has 0 amide bonds. The fourth-order valence-electron chi connectivity index (χ4n) is 11.4. The second kappa shape index (κ2) is 70.4. The van der Waals surface area contributed by atoms with E-state index in [1.165, 1.54) is 302 Å². The first-order valence-electron chi connectivity index (χ1n) is 36.8. The molecule has 0 rings (SSSR count). The summed E-state index contributed by atoms with van der Waals surface area (Å²) in [6.45, 7) is 6.71. The average Bonchev–Trinajstić information content (AvgIpc) is 3.47. The highest BCUT2D eigenvalue weighted by atomic mass is 16.6. The summed E-state index contributed by atoms with van der Waals surface area (Å²) in [5.74, 6) is -0.848. The maximum Gasteiger partial charge on any atom is 0.306 e. The highest BCUT2D eigenvalue weighted by molar-refractivity contribution is 5.71. The smallest absolute Gasteiger partial charge is 0.306 e. The molecule has 1 unspecified atom stereocenters. The molecular formula is C75H142O6. The first kappa shape index (κ1) is 78.9. The number of esters is 3. The van der Waals surface area contributed by atoms with Crippen molar-refractivity contribution in [2.45, 2.75) is 425 Å². The predicted molar refractivity (Wildman–Crippen MR) is 353 cm³/mol. The Balaban J connectivity index is 4.23. The number of hydrogen-bond donors (Lipinski definition) is 0. The number of rotatable bonds is 69. The standard InChI is InChI=1S/C75H142O6/c1-4-7-10-13-16-19-22-25-28-31-33-35-36-37-38-39-40-41-43-44-47-50-53-56-59-62-65-68-74(77)80-71-72(70-79-73(76)67-64-61-58-55-52-49-46-30-27-24-21-18-15-12-9-6-3)81-75(78)69-66-63-60-57-54-51-48-45-42-34-32-29-26-23-20-17-14-11-8-5-2/h21,24,30,46,72H,4-20,22-23,25-29,31-45,47-71H2,1-3H3/b24-21-,46-30-. The third-order valence-electron chi connectivity index (χ3n) is 17.0. The van der Waals surface area contributed by atoms with E-state index in [0.29, 0.717) is 19.3 Å². The molecule has 0 N–H and O–H groups in total. The van der Waals surface area contributed by atoms with Crippen molar-refractivity contribution in [1.29, 1.82) is 0 Å². The molecule has 6 nitrogen and oxygen atoms in total. The van der Waals surface area contributed by atoms with Gasteiger partial charge in [0.05, 0.1) is 0 Å². The predicted octanol–water partition coefficient (Wildman–Crippen LogP) is 25.3. The van der Waals surface area contributed by atoms with Crippen LogP contribution in [-0.2, 0) is 28.6 Å². The van der Waals surface area contributed by atoms with Gasteiger partial charge in [0.25, 0.3) is 0 Å². The van der Waals surface area contributed by atoms with Crippen LogP contribution in [0.4, 0.5) is 0 Å². The molecule has 0 aromatic carbocycles. The first-order chi connectivity index (χ1) is 40.0. The van der Waals surface area contributed by atoms with Gasteiger partial charge in [-0.1, -0.05) is 373 Å². The Morgan fingerprint density at radius 2 is 0.444 bits per heavy atom. The number of unbranched alkanes of at least 4 members (excludes halogenated alkanes) is 54. The van der Waals surface area contributed by atoms with Crippen LogP contribution in [0.3, 0.4) is 0 Å². The Morgan fingerprint density at radius 1 is 0.247 bits per heavy atom. The number of carbonyl (C=O) groups is 3. The molecule has 0 fully saturated rings. The van der Waals surface area contributed by atoms with Crippen LogP contribution in [-0.4, -0.2) is 37.2 Å². The minimum Gasteiger partial charge on any atom is -0.462 e. The molecule has 0 aromatic rings. The third-order valence-corrected chi connectivity index (χ3v) is 17.0. The number of ether oxygens (including phenoxy) is 3. The Kier molecular flexibility index (Phi) is 68.5. The highest BCUT2D eigenvalue weighted by Crippen LogP contribution is 2.19. The molecule has 0 saturated heterocycles. The third kappa shape index (κ3) is 68.6. The van der Waals surface area contributed by atoms with Crippen molar-refractivity contribution >= 4 is 17.9 Å². The Morgan fingerprint density at radius 3 is 0.691 bits per heavy atom. The van der Waals surface area contributed by atoms with Crippen LogP contribution in [0, 0.1) is 0 Å². The van der Waals surface area contributed by atoms with Crippen molar-refractivity contribution in [2.24, 2.45) is 0 Å². The van der Waals surface area contributed by atoms with Gasteiger partial charge in [-0.05, 0) is 51.4 Å². The van der Waals surface area contributed by atoms with Gasteiger partial charge in [-0.15, -0.1) is 0 Å². The summed E-state index contributed by atoms with van der Waals surface area (Å²) in [4.78, 5) is 38.5. The summed E-state index contributed by atoms with van der Waals surface area (Å²) in [5, 5.41) is 0. The van der Waals surface area contributed by atoms with Crippen LogP contribution in [0.25, 0.3) is 0 Å². The zero-order valence-electron chi connectivity index (χ0n) is 55.1. The van der Waals surface area contributed by atoms with Gasteiger partial charge < -0.3 is 14.2 Å². The van der Waals surface area contributed by atoms with Gasteiger partial charge in [0.15, 0.2) is 6.10 Å². The lowest BCUT2D eigenvalue weighted by molar-refractivity contribution is -0.167. The molecule has 1 atom stereocenters. The van der Waals surface area contributed by atoms with E-state index in [-0.39, 0.29) is 31.1 Å². The van der Waals surface area contributed by atoms with Crippen molar-refractivity contribution in [2.75, 3.05) is 13.2 Å². The van der Waals surface area contributed by atoms with Crippen molar-refractivity contribution in [1.82, 2.24) is 0 Å². The van der Waals surface area contributed by atoms with E-state index in [0.717, 1.165) is 77.0 Å². The minimum atomic E-state index is -0.774. The molecule has 0 aliphatic heterocycles. The minimum absolute atomic E-state index is 0.0691. The van der Waals surface area contributed by atoms with Crippen molar-refractivity contribution in [3.05, 3.63) is 24.3 Å². The molecule has 81 heavy (non-hydrogen) atoms. The molecule has 0 aliphatic carbocycles. The molecule has 0 saturated carbocycles. The van der Waals surface area contributed by atoms with Gasteiger partial charge in [-0.3, -0.25) is 14.4 Å². The van der Waals surface area contributed by atoms with E-state index in [1.54, 1.807) is 0 Å². The van der Waals surface area contributed by atoms with Gasteiger partial charge in [-0.2, -0.15) is 0 Å². The first-order valence-corrected chi connectivity index (χ1v) is 36.8. The lowest BCUT2D eigenvalue weighted by Crippen LogP contribution is -2.30. The fraction of sp³-hybridized carbons (Fsp3) is 0.907. The van der Waals surface area contributed by atoms with Crippen LogP contribution in [0.2, 0.25) is 0 Å². The number of hydrogen-bond acceptors (Lipinski definition) is 6. The normalized spacial score (nSPS) is 12.1.